The largest absolute Gasteiger partial charge is 0.391 e. The number of halogens is 2. The Hall–Kier alpha value is -0.550. The van der Waals surface area contributed by atoms with Crippen LogP contribution in [0.4, 0.5) is 5.82 Å². The smallest absolute Gasteiger partial charge is 0.133 e. The average Bonchev–Trinajstić information content (AvgIpc) is 2.65. The highest BCUT2D eigenvalue weighted by Gasteiger charge is 2.22. The number of aliphatic hydroxyl groups is 1. The number of nitrogens with zero attached hydrogens (tertiary/aromatic N) is 2. The van der Waals surface area contributed by atoms with E-state index in [9.17, 15) is 5.11 Å². The van der Waals surface area contributed by atoms with Crippen molar-refractivity contribution in [2.45, 2.75) is 19.1 Å². The van der Waals surface area contributed by atoms with Gasteiger partial charge in [0.15, 0.2) is 0 Å². The number of rotatable bonds is 2. The summed E-state index contributed by atoms with van der Waals surface area (Å²) >= 11 is 0. The predicted octanol–water partition coefficient (Wildman–Crippen LogP) is 0.955. The fourth-order valence-corrected chi connectivity index (χ4v) is 1.81. The zero-order valence-electron chi connectivity index (χ0n) is 8.87. The van der Waals surface area contributed by atoms with Gasteiger partial charge in [0.25, 0.3) is 0 Å². The van der Waals surface area contributed by atoms with Gasteiger partial charge in [0.1, 0.15) is 5.82 Å². The summed E-state index contributed by atoms with van der Waals surface area (Å²) in [6.45, 7) is 2.03. The molecule has 0 saturated carbocycles. The minimum absolute atomic E-state index is 0. The lowest BCUT2D eigenvalue weighted by molar-refractivity contribution is 0.198. The molecule has 1 fully saturated rings. The van der Waals surface area contributed by atoms with E-state index in [4.69, 9.17) is 5.73 Å². The molecule has 0 aliphatic carbocycles. The van der Waals surface area contributed by atoms with Crippen molar-refractivity contribution < 1.29 is 5.11 Å². The van der Waals surface area contributed by atoms with E-state index in [1.54, 1.807) is 6.20 Å². The minimum atomic E-state index is -0.220. The maximum atomic E-state index is 9.42. The van der Waals surface area contributed by atoms with Gasteiger partial charge in [0.2, 0.25) is 0 Å². The monoisotopic (exact) mass is 265 g/mol. The first-order chi connectivity index (χ1) is 6.81. The fourth-order valence-electron chi connectivity index (χ4n) is 1.81. The minimum Gasteiger partial charge on any atom is -0.391 e. The average molecular weight is 266 g/mol. The van der Waals surface area contributed by atoms with Gasteiger partial charge < -0.3 is 15.7 Å². The Balaban J connectivity index is 0.00000112. The van der Waals surface area contributed by atoms with E-state index in [0.29, 0.717) is 13.1 Å². The third kappa shape index (κ3) is 3.22. The van der Waals surface area contributed by atoms with Crippen LogP contribution in [-0.2, 0) is 6.54 Å². The molecule has 1 atom stereocenters. The van der Waals surface area contributed by atoms with Gasteiger partial charge in [-0.1, -0.05) is 6.07 Å². The molecule has 0 spiro atoms. The summed E-state index contributed by atoms with van der Waals surface area (Å²) in [4.78, 5) is 6.39. The molecule has 92 valence electrons. The Morgan fingerprint density at radius 1 is 1.50 bits per heavy atom. The molecule has 3 N–H and O–H groups in total. The Bertz CT molecular complexity index is 325. The van der Waals surface area contributed by atoms with Crippen LogP contribution in [-0.4, -0.2) is 29.3 Å². The van der Waals surface area contributed by atoms with Crippen molar-refractivity contribution in [2.24, 2.45) is 5.73 Å². The van der Waals surface area contributed by atoms with Gasteiger partial charge in [-0.25, -0.2) is 4.98 Å². The van der Waals surface area contributed by atoms with E-state index in [1.807, 2.05) is 12.1 Å². The van der Waals surface area contributed by atoms with Crippen molar-refractivity contribution in [1.29, 1.82) is 0 Å². The first-order valence-corrected chi connectivity index (χ1v) is 4.88. The molecule has 1 aromatic rings. The highest BCUT2D eigenvalue weighted by atomic mass is 35.5. The van der Waals surface area contributed by atoms with Gasteiger partial charge in [0, 0.05) is 31.4 Å². The molecule has 6 heteroatoms. The standard InChI is InChI=1S/C10H15N3O.2ClH/c11-6-8-2-1-4-12-10(8)13-5-3-9(14)7-13;;/h1-2,4,9,14H,3,5-7,11H2;2*1H. The van der Waals surface area contributed by atoms with Gasteiger partial charge in [-0.3, -0.25) is 0 Å². The van der Waals surface area contributed by atoms with Crippen LogP contribution in [0.15, 0.2) is 18.3 Å². The molecule has 1 unspecified atom stereocenters. The van der Waals surface area contributed by atoms with E-state index >= 15 is 0 Å². The van der Waals surface area contributed by atoms with Gasteiger partial charge in [-0.2, -0.15) is 0 Å². The topological polar surface area (TPSA) is 62.4 Å². The van der Waals surface area contributed by atoms with Gasteiger partial charge in [-0.05, 0) is 12.5 Å². The van der Waals surface area contributed by atoms with E-state index < -0.39 is 0 Å². The summed E-state index contributed by atoms with van der Waals surface area (Å²) in [6.07, 6.45) is 2.36. The van der Waals surface area contributed by atoms with Crippen LogP contribution < -0.4 is 10.6 Å². The Morgan fingerprint density at radius 3 is 2.81 bits per heavy atom. The number of nitrogens with two attached hydrogens (primary N) is 1. The molecule has 1 aliphatic rings. The summed E-state index contributed by atoms with van der Waals surface area (Å²) in [5.41, 5.74) is 6.67. The molecule has 0 radical (unpaired) electrons. The first-order valence-electron chi connectivity index (χ1n) is 4.88. The second kappa shape index (κ2) is 6.91. The number of hydrogen-bond donors (Lipinski definition) is 2. The zero-order valence-corrected chi connectivity index (χ0v) is 10.5. The summed E-state index contributed by atoms with van der Waals surface area (Å²) in [5, 5.41) is 9.42. The highest BCUT2D eigenvalue weighted by Crippen LogP contribution is 2.21. The van der Waals surface area contributed by atoms with Crippen LogP contribution >= 0.6 is 24.8 Å². The SMILES string of the molecule is Cl.Cl.NCc1cccnc1N1CCC(O)C1. The number of hydrogen-bond acceptors (Lipinski definition) is 4. The molecule has 4 nitrogen and oxygen atoms in total. The zero-order chi connectivity index (χ0) is 9.97. The molecule has 1 saturated heterocycles. The fraction of sp³-hybridized carbons (Fsp3) is 0.500. The van der Waals surface area contributed by atoms with Crippen LogP contribution in [0.5, 0.6) is 0 Å². The molecule has 1 aliphatic heterocycles. The van der Waals surface area contributed by atoms with E-state index in [2.05, 4.69) is 9.88 Å². The summed E-state index contributed by atoms with van der Waals surface area (Å²) in [6, 6.07) is 3.87. The molecule has 0 bridgehead atoms. The molecular formula is C10H17Cl2N3O. The highest BCUT2D eigenvalue weighted by molar-refractivity contribution is 5.85. The maximum absolute atomic E-state index is 9.42. The van der Waals surface area contributed by atoms with Crippen molar-refractivity contribution in [3.05, 3.63) is 23.9 Å². The van der Waals surface area contributed by atoms with Gasteiger partial charge in [-0.15, -0.1) is 24.8 Å². The second-order valence-electron chi connectivity index (χ2n) is 3.58. The van der Waals surface area contributed by atoms with Crippen molar-refractivity contribution in [1.82, 2.24) is 4.98 Å². The predicted molar refractivity (Wildman–Crippen MR) is 69.5 cm³/mol. The van der Waals surface area contributed by atoms with E-state index in [0.717, 1.165) is 24.3 Å². The molecule has 2 rings (SSSR count). The van der Waals surface area contributed by atoms with Crippen LogP contribution in [0, 0.1) is 0 Å². The normalized spacial score (nSPS) is 18.9. The van der Waals surface area contributed by atoms with E-state index in [1.165, 1.54) is 0 Å². The Labute approximate surface area is 108 Å². The number of aliphatic hydroxyl groups excluding tert-OH is 1. The number of β-amino-alcohol motifs (C(OH)–C–C–N with tert-alkyl or cyclic N) is 1. The first kappa shape index (κ1) is 15.4. The lowest BCUT2D eigenvalue weighted by Crippen LogP contribution is -2.24. The van der Waals surface area contributed by atoms with E-state index in [-0.39, 0.29) is 30.9 Å². The van der Waals surface area contributed by atoms with Crippen LogP contribution in [0.25, 0.3) is 0 Å². The number of pyridine rings is 1. The number of anilines is 1. The van der Waals surface area contributed by atoms with Crippen molar-refractivity contribution in [2.75, 3.05) is 18.0 Å². The van der Waals surface area contributed by atoms with Crippen molar-refractivity contribution >= 4 is 30.6 Å². The van der Waals surface area contributed by atoms with Gasteiger partial charge in [0.05, 0.1) is 6.10 Å². The Morgan fingerprint density at radius 2 is 2.25 bits per heavy atom. The van der Waals surface area contributed by atoms with Crippen LogP contribution in [0.1, 0.15) is 12.0 Å². The summed E-state index contributed by atoms with van der Waals surface area (Å²) in [5.74, 6) is 0.923. The second-order valence-corrected chi connectivity index (χ2v) is 3.58. The molecular weight excluding hydrogens is 249 g/mol. The third-order valence-corrected chi connectivity index (χ3v) is 2.55. The number of aromatic nitrogens is 1. The maximum Gasteiger partial charge on any atom is 0.133 e. The van der Waals surface area contributed by atoms with Crippen molar-refractivity contribution in [3.8, 4) is 0 Å². The lowest BCUT2D eigenvalue weighted by Gasteiger charge is -2.19. The molecule has 16 heavy (non-hydrogen) atoms. The quantitative estimate of drug-likeness (QED) is 0.836. The van der Waals surface area contributed by atoms with Crippen molar-refractivity contribution in [3.63, 3.8) is 0 Å². The van der Waals surface area contributed by atoms with Gasteiger partial charge >= 0.3 is 0 Å². The summed E-state index contributed by atoms with van der Waals surface area (Å²) in [7, 11) is 0. The molecule has 1 aromatic heterocycles. The van der Waals surface area contributed by atoms with Crippen LogP contribution in [0.2, 0.25) is 0 Å². The molecule has 2 heterocycles. The Kier molecular flexibility index (Phi) is 6.67. The third-order valence-electron chi connectivity index (χ3n) is 2.55. The van der Waals surface area contributed by atoms with Crippen LogP contribution in [0.3, 0.4) is 0 Å². The summed E-state index contributed by atoms with van der Waals surface area (Å²) < 4.78 is 0. The molecule has 0 aromatic carbocycles. The lowest BCUT2D eigenvalue weighted by atomic mass is 10.2. The molecule has 0 amide bonds.